The maximum atomic E-state index is 12.5. The summed E-state index contributed by atoms with van der Waals surface area (Å²) in [7, 11) is 1.57. The first-order chi connectivity index (χ1) is 10.1. The molecule has 2 N–H and O–H groups in total. The first-order valence-electron chi connectivity index (χ1n) is 6.86. The fourth-order valence-corrected chi connectivity index (χ4v) is 2.38. The van der Waals surface area contributed by atoms with Crippen molar-refractivity contribution in [2.45, 2.75) is 18.9 Å². The molecule has 0 fully saturated rings. The van der Waals surface area contributed by atoms with Crippen molar-refractivity contribution >= 4 is 16.8 Å². The SMILES string of the molecule is COCC(C)(CCO)NC(=O)c1cccc2ncccc12. The number of ether oxygens (including phenoxy) is 1. The summed E-state index contributed by atoms with van der Waals surface area (Å²) in [5.41, 5.74) is 0.743. The van der Waals surface area contributed by atoms with E-state index in [0.29, 0.717) is 18.6 Å². The third-order valence-electron chi connectivity index (χ3n) is 3.43. The Morgan fingerprint density at radius 2 is 2.19 bits per heavy atom. The Bertz CT molecular complexity index is 616. The van der Waals surface area contributed by atoms with Crippen LogP contribution in [0, 0.1) is 0 Å². The van der Waals surface area contributed by atoms with Crippen molar-refractivity contribution in [1.82, 2.24) is 10.3 Å². The molecule has 1 amide bonds. The minimum absolute atomic E-state index is 0.0166. The molecule has 5 heteroatoms. The summed E-state index contributed by atoms with van der Waals surface area (Å²) in [6.45, 7) is 2.17. The van der Waals surface area contributed by atoms with Crippen LogP contribution in [0.3, 0.4) is 0 Å². The Hall–Kier alpha value is -1.98. The van der Waals surface area contributed by atoms with Crippen molar-refractivity contribution in [3.8, 4) is 0 Å². The molecule has 21 heavy (non-hydrogen) atoms. The van der Waals surface area contributed by atoms with Gasteiger partial charge >= 0.3 is 0 Å². The number of nitrogens with zero attached hydrogens (tertiary/aromatic N) is 1. The lowest BCUT2D eigenvalue weighted by Crippen LogP contribution is -2.50. The summed E-state index contributed by atoms with van der Waals surface area (Å²) in [6, 6.07) is 9.13. The first kappa shape index (κ1) is 15.4. The lowest BCUT2D eigenvalue weighted by molar-refractivity contribution is 0.0727. The van der Waals surface area contributed by atoms with E-state index in [1.165, 1.54) is 0 Å². The highest BCUT2D eigenvalue weighted by molar-refractivity contribution is 6.06. The van der Waals surface area contributed by atoms with Gasteiger partial charge < -0.3 is 15.2 Å². The number of rotatable bonds is 6. The number of pyridine rings is 1. The third-order valence-corrected chi connectivity index (χ3v) is 3.43. The van der Waals surface area contributed by atoms with Crippen molar-refractivity contribution in [1.29, 1.82) is 0 Å². The van der Waals surface area contributed by atoms with Crippen LogP contribution in [-0.2, 0) is 4.74 Å². The number of methoxy groups -OCH3 is 1. The normalized spacial score (nSPS) is 13.9. The van der Waals surface area contributed by atoms with Gasteiger partial charge in [-0.15, -0.1) is 0 Å². The molecule has 0 spiro atoms. The quantitative estimate of drug-likeness (QED) is 0.849. The standard InChI is InChI=1S/C16H20N2O3/c1-16(8-10-19,11-21-2)18-15(20)13-5-3-7-14-12(13)6-4-9-17-14/h3-7,9,19H,8,10-11H2,1-2H3,(H,18,20). The molecule has 5 nitrogen and oxygen atoms in total. The van der Waals surface area contributed by atoms with E-state index >= 15 is 0 Å². The minimum atomic E-state index is -0.606. The maximum Gasteiger partial charge on any atom is 0.252 e. The van der Waals surface area contributed by atoms with Gasteiger partial charge in [-0.05, 0) is 31.5 Å². The molecule has 2 aromatic rings. The Morgan fingerprint density at radius 1 is 1.38 bits per heavy atom. The van der Waals surface area contributed by atoms with Crippen LogP contribution in [0.25, 0.3) is 10.9 Å². The van der Waals surface area contributed by atoms with Crippen molar-refractivity contribution in [2.24, 2.45) is 0 Å². The molecule has 0 saturated heterocycles. The van der Waals surface area contributed by atoms with Crippen LogP contribution in [0.5, 0.6) is 0 Å². The summed E-state index contributed by atoms with van der Waals surface area (Å²) < 4.78 is 5.15. The van der Waals surface area contributed by atoms with E-state index in [4.69, 9.17) is 9.84 Å². The highest BCUT2D eigenvalue weighted by atomic mass is 16.5. The Balaban J connectivity index is 2.29. The number of fused-ring (bicyclic) bond motifs is 1. The number of hydrogen-bond acceptors (Lipinski definition) is 4. The van der Waals surface area contributed by atoms with E-state index in [0.717, 1.165) is 10.9 Å². The van der Waals surface area contributed by atoms with Crippen molar-refractivity contribution < 1.29 is 14.6 Å². The number of amides is 1. The van der Waals surface area contributed by atoms with Crippen LogP contribution in [0.1, 0.15) is 23.7 Å². The fraction of sp³-hybridized carbons (Fsp3) is 0.375. The summed E-state index contributed by atoms with van der Waals surface area (Å²) in [5, 5.41) is 12.9. The topological polar surface area (TPSA) is 71.5 Å². The zero-order valence-corrected chi connectivity index (χ0v) is 12.3. The van der Waals surface area contributed by atoms with Gasteiger partial charge in [0, 0.05) is 30.9 Å². The molecular formula is C16H20N2O3. The third kappa shape index (κ3) is 3.56. The predicted octanol–water partition coefficient (Wildman–Crippen LogP) is 1.75. The molecule has 2 rings (SSSR count). The largest absolute Gasteiger partial charge is 0.396 e. The van der Waals surface area contributed by atoms with Crippen LogP contribution in [0.4, 0.5) is 0 Å². The second-order valence-electron chi connectivity index (χ2n) is 5.30. The highest BCUT2D eigenvalue weighted by Crippen LogP contribution is 2.18. The number of benzene rings is 1. The minimum Gasteiger partial charge on any atom is -0.396 e. The average Bonchev–Trinajstić information content (AvgIpc) is 2.46. The van der Waals surface area contributed by atoms with Gasteiger partial charge in [0.2, 0.25) is 0 Å². The van der Waals surface area contributed by atoms with E-state index in [1.54, 1.807) is 25.4 Å². The second kappa shape index (κ2) is 6.65. The molecular weight excluding hydrogens is 268 g/mol. The van der Waals surface area contributed by atoms with Gasteiger partial charge in [-0.1, -0.05) is 12.1 Å². The maximum absolute atomic E-state index is 12.5. The van der Waals surface area contributed by atoms with Crippen LogP contribution in [0.15, 0.2) is 36.5 Å². The smallest absolute Gasteiger partial charge is 0.252 e. The molecule has 0 aliphatic heterocycles. The number of aromatic nitrogens is 1. The van der Waals surface area contributed by atoms with Gasteiger partial charge in [0.25, 0.3) is 5.91 Å². The first-order valence-corrected chi connectivity index (χ1v) is 6.86. The number of carbonyl (C=O) groups excluding carboxylic acids is 1. The molecule has 0 aliphatic rings. The number of carbonyl (C=O) groups is 1. The molecule has 1 atom stereocenters. The summed E-state index contributed by atoms with van der Waals surface area (Å²) in [4.78, 5) is 16.8. The van der Waals surface area contributed by atoms with Crippen LogP contribution in [0.2, 0.25) is 0 Å². The van der Waals surface area contributed by atoms with Gasteiger partial charge in [-0.25, -0.2) is 0 Å². The van der Waals surface area contributed by atoms with Crippen LogP contribution < -0.4 is 5.32 Å². The van der Waals surface area contributed by atoms with E-state index in [9.17, 15) is 4.79 Å². The Kier molecular flexibility index (Phi) is 4.88. The number of hydrogen-bond donors (Lipinski definition) is 2. The van der Waals surface area contributed by atoms with Crippen LogP contribution >= 0.6 is 0 Å². The van der Waals surface area contributed by atoms with Gasteiger partial charge in [0.05, 0.1) is 17.7 Å². The van der Waals surface area contributed by atoms with Gasteiger partial charge in [-0.3, -0.25) is 9.78 Å². The zero-order chi connectivity index (χ0) is 15.3. The zero-order valence-electron chi connectivity index (χ0n) is 12.3. The van der Waals surface area contributed by atoms with Crippen molar-refractivity contribution in [3.05, 3.63) is 42.1 Å². The average molecular weight is 288 g/mol. The molecule has 0 aliphatic carbocycles. The van der Waals surface area contributed by atoms with Gasteiger partial charge in [-0.2, -0.15) is 0 Å². The van der Waals surface area contributed by atoms with Crippen LogP contribution in [-0.4, -0.2) is 41.9 Å². The summed E-state index contributed by atoms with van der Waals surface area (Å²) >= 11 is 0. The van der Waals surface area contributed by atoms with Gasteiger partial charge in [0.15, 0.2) is 0 Å². The lowest BCUT2D eigenvalue weighted by Gasteiger charge is -2.29. The Morgan fingerprint density at radius 3 is 2.90 bits per heavy atom. The predicted molar refractivity (Wildman–Crippen MR) is 81.2 cm³/mol. The van der Waals surface area contributed by atoms with Crippen molar-refractivity contribution in [3.63, 3.8) is 0 Å². The van der Waals surface area contributed by atoms with Gasteiger partial charge in [0.1, 0.15) is 0 Å². The second-order valence-corrected chi connectivity index (χ2v) is 5.30. The summed E-state index contributed by atoms with van der Waals surface area (Å²) in [6.07, 6.45) is 2.13. The van der Waals surface area contributed by atoms with E-state index < -0.39 is 5.54 Å². The Labute approximate surface area is 124 Å². The van der Waals surface area contributed by atoms with E-state index in [-0.39, 0.29) is 12.5 Å². The molecule has 1 unspecified atom stereocenters. The highest BCUT2D eigenvalue weighted by Gasteiger charge is 2.27. The monoisotopic (exact) mass is 288 g/mol. The summed E-state index contributed by atoms with van der Waals surface area (Å²) in [5.74, 6) is -0.193. The molecule has 1 aromatic carbocycles. The number of aliphatic hydroxyl groups excluding tert-OH is 1. The molecule has 0 radical (unpaired) electrons. The van der Waals surface area contributed by atoms with E-state index in [2.05, 4.69) is 10.3 Å². The molecule has 1 heterocycles. The fourth-order valence-electron chi connectivity index (χ4n) is 2.38. The molecule has 112 valence electrons. The van der Waals surface area contributed by atoms with E-state index in [1.807, 2.05) is 25.1 Å². The number of nitrogens with one attached hydrogen (secondary N) is 1. The van der Waals surface area contributed by atoms with Crippen molar-refractivity contribution in [2.75, 3.05) is 20.3 Å². The molecule has 0 saturated carbocycles. The lowest BCUT2D eigenvalue weighted by atomic mass is 9.98. The number of aliphatic hydroxyl groups is 1. The molecule has 1 aromatic heterocycles. The molecule has 0 bridgehead atoms.